The van der Waals surface area contributed by atoms with E-state index in [-0.39, 0.29) is 21.7 Å². The average Bonchev–Trinajstić information content (AvgIpc) is 3.76. The van der Waals surface area contributed by atoms with Gasteiger partial charge in [0.15, 0.2) is 0 Å². The Morgan fingerprint density at radius 2 is 0.767 bits per heavy atom. The molecule has 0 saturated heterocycles. The molecule has 0 aliphatic carbocycles. The summed E-state index contributed by atoms with van der Waals surface area (Å²) in [4.78, 5) is 5.01. The standard InChI is InChI=1S/C56H52N2S2/c1-53(2,3)33-19-23-35(24-20-33)57-43-17-13-11-15-41(43)55(7,8)49-45(57)29-27-37-39-31-48-40(32-47(39)59-51(37)49)38-28-30-46-50(52(38)60-48)56(9,10)42-16-12-14-18-44(42)58(46)36-25-21-34(22-26-36)54(4,5)6/h11-32H,1-10H3. The molecule has 0 saturated carbocycles. The number of para-hydroxylation sites is 2. The minimum absolute atomic E-state index is 0.0980. The van der Waals surface area contributed by atoms with Crippen LogP contribution in [0.4, 0.5) is 34.1 Å². The summed E-state index contributed by atoms with van der Waals surface area (Å²) in [6, 6.07) is 51.2. The maximum Gasteiger partial charge on any atom is 0.0517 e. The van der Waals surface area contributed by atoms with E-state index < -0.39 is 0 Å². The summed E-state index contributed by atoms with van der Waals surface area (Å²) < 4.78 is 5.49. The van der Waals surface area contributed by atoms with Gasteiger partial charge in [-0.1, -0.05) is 142 Å². The van der Waals surface area contributed by atoms with Gasteiger partial charge >= 0.3 is 0 Å². The molecule has 4 heteroatoms. The highest BCUT2D eigenvalue weighted by Gasteiger charge is 2.41. The molecule has 2 aliphatic rings. The maximum absolute atomic E-state index is 2.51. The molecule has 0 fully saturated rings. The maximum atomic E-state index is 2.51. The van der Waals surface area contributed by atoms with E-state index >= 15 is 0 Å². The molecule has 60 heavy (non-hydrogen) atoms. The highest BCUT2D eigenvalue weighted by Crippen LogP contribution is 2.58. The molecule has 0 N–H and O–H groups in total. The SMILES string of the molecule is CC(C)(C)c1ccc(N2c3ccccc3C(C)(C)c3c2ccc2c3sc3cc4c(cc32)sc2c3c(ccc24)N(c2ccc(C(C)(C)C)cc2)c2ccccc2C3(C)C)cc1. The Labute approximate surface area is 362 Å². The van der Waals surface area contributed by atoms with E-state index in [9.17, 15) is 0 Å². The highest BCUT2D eigenvalue weighted by atomic mass is 32.1. The first-order valence-electron chi connectivity index (χ1n) is 21.4. The molecule has 298 valence electrons. The zero-order chi connectivity index (χ0) is 41.7. The number of anilines is 6. The normalized spacial score (nSPS) is 15.7. The van der Waals surface area contributed by atoms with Gasteiger partial charge in [0.25, 0.3) is 0 Å². The lowest BCUT2D eigenvalue weighted by atomic mass is 9.73. The number of thiophene rings is 2. The monoisotopic (exact) mass is 816 g/mol. The Kier molecular flexibility index (Phi) is 7.87. The van der Waals surface area contributed by atoms with Crippen molar-refractivity contribution in [3.05, 3.63) is 167 Å². The molecule has 2 aliphatic heterocycles. The van der Waals surface area contributed by atoms with Crippen LogP contribution in [0.3, 0.4) is 0 Å². The van der Waals surface area contributed by atoms with Gasteiger partial charge in [-0.25, -0.2) is 0 Å². The Bertz CT molecular complexity index is 3000. The molecule has 4 heterocycles. The number of benzene rings is 7. The molecule has 11 rings (SSSR count). The number of hydrogen-bond acceptors (Lipinski definition) is 4. The Morgan fingerprint density at radius 3 is 1.13 bits per heavy atom. The molecular formula is C56H52N2S2. The molecule has 0 radical (unpaired) electrons. The molecule has 0 unspecified atom stereocenters. The van der Waals surface area contributed by atoms with Crippen LogP contribution in [0.5, 0.6) is 0 Å². The lowest BCUT2D eigenvalue weighted by molar-refractivity contribution is 0.590. The first kappa shape index (κ1) is 37.6. The van der Waals surface area contributed by atoms with E-state index in [1.807, 2.05) is 22.7 Å². The molecule has 0 amide bonds. The van der Waals surface area contributed by atoms with Gasteiger partial charge in [0, 0.05) is 73.7 Å². The Balaban J connectivity index is 1.10. The Morgan fingerprint density at radius 1 is 0.400 bits per heavy atom. The summed E-state index contributed by atoms with van der Waals surface area (Å²) in [5.74, 6) is 0. The van der Waals surface area contributed by atoms with E-state index in [2.05, 4.69) is 212 Å². The number of nitrogens with zero attached hydrogens (tertiary/aromatic N) is 2. The van der Waals surface area contributed by atoms with Crippen LogP contribution in [0, 0.1) is 0 Å². The smallest absolute Gasteiger partial charge is 0.0517 e. The second kappa shape index (κ2) is 12.6. The first-order chi connectivity index (χ1) is 28.5. The van der Waals surface area contributed by atoms with Crippen molar-refractivity contribution < 1.29 is 0 Å². The second-order valence-electron chi connectivity index (χ2n) is 20.3. The van der Waals surface area contributed by atoms with Crippen molar-refractivity contribution in [1.29, 1.82) is 0 Å². The van der Waals surface area contributed by atoms with Crippen LogP contribution in [0.1, 0.15) is 103 Å². The third kappa shape index (κ3) is 5.29. The first-order valence-corrected chi connectivity index (χ1v) is 23.1. The highest BCUT2D eigenvalue weighted by molar-refractivity contribution is 7.27. The molecule has 2 aromatic heterocycles. The van der Waals surface area contributed by atoms with Gasteiger partial charge in [-0.3, -0.25) is 0 Å². The predicted octanol–water partition coefficient (Wildman–Crippen LogP) is 17.2. The van der Waals surface area contributed by atoms with Gasteiger partial charge in [-0.15, -0.1) is 22.7 Å². The lowest BCUT2D eigenvalue weighted by Crippen LogP contribution is -2.30. The fourth-order valence-corrected chi connectivity index (χ4v) is 13.3. The zero-order valence-electron chi connectivity index (χ0n) is 36.4. The summed E-state index contributed by atoms with van der Waals surface area (Å²) in [6.07, 6.45) is 0. The van der Waals surface area contributed by atoms with Crippen LogP contribution >= 0.6 is 22.7 Å². The minimum Gasteiger partial charge on any atom is -0.310 e. The van der Waals surface area contributed by atoms with Crippen molar-refractivity contribution in [2.75, 3.05) is 9.80 Å². The topological polar surface area (TPSA) is 6.48 Å². The summed E-state index contributed by atoms with van der Waals surface area (Å²) in [5.41, 5.74) is 15.6. The van der Waals surface area contributed by atoms with Gasteiger partial charge in [-0.05, 0) is 93.7 Å². The van der Waals surface area contributed by atoms with Crippen molar-refractivity contribution in [2.45, 2.75) is 90.9 Å². The van der Waals surface area contributed by atoms with Crippen LogP contribution < -0.4 is 9.80 Å². The van der Waals surface area contributed by atoms with Gasteiger partial charge in [0.2, 0.25) is 0 Å². The molecule has 9 aromatic rings. The van der Waals surface area contributed by atoms with Crippen LogP contribution in [0.15, 0.2) is 133 Å². The lowest BCUT2D eigenvalue weighted by Gasteiger charge is -2.42. The van der Waals surface area contributed by atoms with Crippen LogP contribution in [0.2, 0.25) is 0 Å². The molecular weight excluding hydrogens is 765 g/mol. The molecule has 0 atom stereocenters. The second-order valence-corrected chi connectivity index (χ2v) is 22.4. The zero-order valence-corrected chi connectivity index (χ0v) is 38.0. The number of hydrogen-bond donors (Lipinski definition) is 0. The van der Waals surface area contributed by atoms with Gasteiger partial charge < -0.3 is 9.80 Å². The summed E-state index contributed by atoms with van der Waals surface area (Å²) >= 11 is 3.94. The van der Waals surface area contributed by atoms with Crippen molar-refractivity contribution in [3.8, 4) is 0 Å². The number of rotatable bonds is 2. The summed E-state index contributed by atoms with van der Waals surface area (Å²) in [6.45, 7) is 23.4. The fraction of sp³-hybridized carbons (Fsp3) is 0.250. The largest absolute Gasteiger partial charge is 0.310 e. The van der Waals surface area contributed by atoms with Crippen molar-refractivity contribution in [3.63, 3.8) is 0 Å². The van der Waals surface area contributed by atoms with E-state index in [1.54, 1.807) is 0 Å². The predicted molar refractivity (Wildman–Crippen MR) is 263 cm³/mol. The Hall–Kier alpha value is -5.42. The molecule has 2 nitrogen and oxygen atoms in total. The van der Waals surface area contributed by atoms with Crippen molar-refractivity contribution >= 4 is 97.1 Å². The average molecular weight is 817 g/mol. The van der Waals surface area contributed by atoms with Crippen molar-refractivity contribution in [2.24, 2.45) is 0 Å². The summed E-state index contributed by atoms with van der Waals surface area (Å²) in [7, 11) is 0. The van der Waals surface area contributed by atoms with Crippen molar-refractivity contribution in [1.82, 2.24) is 0 Å². The third-order valence-electron chi connectivity index (χ3n) is 13.7. The van der Waals surface area contributed by atoms with Gasteiger partial charge in [0.05, 0.1) is 22.7 Å². The molecule has 0 bridgehead atoms. The number of fused-ring (bicyclic) bond motifs is 12. The summed E-state index contributed by atoms with van der Waals surface area (Å²) in [5, 5.41) is 5.41. The third-order valence-corrected chi connectivity index (χ3v) is 16.1. The van der Waals surface area contributed by atoms with E-state index in [1.165, 1.54) is 108 Å². The van der Waals surface area contributed by atoms with Crippen LogP contribution in [0.25, 0.3) is 40.3 Å². The van der Waals surface area contributed by atoms with Gasteiger partial charge in [0.1, 0.15) is 0 Å². The van der Waals surface area contributed by atoms with E-state index in [0.29, 0.717) is 0 Å². The quantitative estimate of drug-likeness (QED) is 0.171. The van der Waals surface area contributed by atoms with Crippen LogP contribution in [-0.2, 0) is 21.7 Å². The van der Waals surface area contributed by atoms with Gasteiger partial charge in [-0.2, -0.15) is 0 Å². The van der Waals surface area contributed by atoms with E-state index in [4.69, 9.17) is 0 Å². The van der Waals surface area contributed by atoms with E-state index in [0.717, 1.165) is 0 Å². The minimum atomic E-state index is -0.182. The van der Waals surface area contributed by atoms with Crippen LogP contribution in [-0.4, -0.2) is 0 Å². The molecule has 7 aromatic carbocycles. The molecule has 0 spiro atoms. The fourth-order valence-electron chi connectivity index (χ4n) is 10.4.